The summed E-state index contributed by atoms with van der Waals surface area (Å²) in [7, 11) is -3.39. The average molecular weight is 421 g/mol. The average Bonchev–Trinajstić information content (AvgIpc) is 3.07. The Bertz CT molecular complexity index is 1020. The van der Waals surface area contributed by atoms with Crippen molar-refractivity contribution >= 4 is 48.3 Å². The number of carbonyl (C=O) groups excluding carboxylic acids is 2. The summed E-state index contributed by atoms with van der Waals surface area (Å²) >= 11 is 1.04. The molecule has 27 heavy (non-hydrogen) atoms. The number of nitrogens with zero attached hydrogens (tertiary/aromatic N) is 2. The monoisotopic (exact) mass is 421 g/mol. The molecule has 1 aromatic carbocycles. The molecule has 1 aromatic heterocycles. The highest BCUT2D eigenvalue weighted by molar-refractivity contribution is 7.90. The van der Waals surface area contributed by atoms with Crippen LogP contribution in [0.4, 0.5) is 18.3 Å². The van der Waals surface area contributed by atoms with Gasteiger partial charge in [0.1, 0.15) is 6.54 Å². The summed E-state index contributed by atoms with van der Waals surface area (Å²) < 4.78 is 61.1. The molecule has 0 bridgehead atoms. The van der Waals surface area contributed by atoms with E-state index < -0.39 is 40.3 Å². The number of fused-ring (bicyclic) bond motifs is 1. The predicted octanol–water partition coefficient (Wildman–Crippen LogP) is 2.05. The fourth-order valence-corrected chi connectivity index (χ4v) is 4.34. The number of nitrogens with one attached hydrogen (secondary N) is 1. The Balaban J connectivity index is 1.72. The largest absolute Gasteiger partial charge is 0.406 e. The summed E-state index contributed by atoms with van der Waals surface area (Å²) in [5.41, 5.74) is 0.476. The summed E-state index contributed by atoms with van der Waals surface area (Å²) in [6.45, 7) is -1.70. The van der Waals surface area contributed by atoms with Gasteiger partial charge in [-0.2, -0.15) is 13.2 Å². The Morgan fingerprint density at radius 2 is 2.11 bits per heavy atom. The van der Waals surface area contributed by atoms with E-state index in [1.807, 2.05) is 0 Å². The number of hydrogen-bond acceptors (Lipinski definition) is 6. The standard InChI is InChI=1S/C15H14F3N3O4S2/c1-27(24,25)9-2-3-10-11(5-9)26-14(19-10)20-13(23)8-4-12(22)21(6-8)7-15(16,17)18/h2-3,5,8H,4,6-7H2,1H3,(H,19,20,23). The number of alkyl halides is 3. The van der Waals surface area contributed by atoms with E-state index in [4.69, 9.17) is 0 Å². The first-order chi connectivity index (χ1) is 12.4. The van der Waals surface area contributed by atoms with Crippen LogP contribution in [0.1, 0.15) is 6.42 Å². The molecule has 1 N–H and O–H groups in total. The maximum Gasteiger partial charge on any atom is 0.406 e. The van der Waals surface area contributed by atoms with Crippen LogP contribution in [-0.4, -0.2) is 55.6 Å². The number of aromatic nitrogens is 1. The van der Waals surface area contributed by atoms with Crippen molar-refractivity contribution in [1.82, 2.24) is 9.88 Å². The molecule has 2 heterocycles. The highest BCUT2D eigenvalue weighted by Gasteiger charge is 2.40. The van der Waals surface area contributed by atoms with Gasteiger partial charge in [0.05, 0.1) is 21.0 Å². The highest BCUT2D eigenvalue weighted by atomic mass is 32.2. The van der Waals surface area contributed by atoms with Crippen LogP contribution in [0, 0.1) is 5.92 Å². The van der Waals surface area contributed by atoms with E-state index in [-0.39, 0.29) is 23.0 Å². The Morgan fingerprint density at radius 1 is 1.41 bits per heavy atom. The van der Waals surface area contributed by atoms with Gasteiger partial charge in [-0.15, -0.1) is 0 Å². The minimum atomic E-state index is -4.52. The molecular formula is C15H14F3N3O4S2. The van der Waals surface area contributed by atoms with E-state index in [2.05, 4.69) is 10.3 Å². The molecule has 12 heteroatoms. The van der Waals surface area contributed by atoms with Crippen LogP contribution in [-0.2, 0) is 19.4 Å². The fraction of sp³-hybridized carbons (Fsp3) is 0.400. The molecule has 1 fully saturated rings. The Morgan fingerprint density at radius 3 is 2.74 bits per heavy atom. The second-order valence-electron chi connectivity index (χ2n) is 6.20. The van der Waals surface area contributed by atoms with Gasteiger partial charge in [-0.1, -0.05) is 11.3 Å². The Hall–Kier alpha value is -2.21. The smallest absolute Gasteiger partial charge is 0.333 e. The van der Waals surface area contributed by atoms with E-state index in [1.54, 1.807) is 0 Å². The molecular weight excluding hydrogens is 407 g/mol. The summed E-state index contributed by atoms with van der Waals surface area (Å²) in [5, 5.41) is 2.68. The molecule has 0 saturated carbocycles. The summed E-state index contributed by atoms with van der Waals surface area (Å²) in [6.07, 6.45) is -3.75. The first kappa shape index (κ1) is 19.5. The minimum absolute atomic E-state index is 0.112. The maximum absolute atomic E-state index is 12.4. The van der Waals surface area contributed by atoms with Crippen LogP contribution in [0.5, 0.6) is 0 Å². The van der Waals surface area contributed by atoms with E-state index in [1.165, 1.54) is 18.2 Å². The zero-order valence-electron chi connectivity index (χ0n) is 13.9. The van der Waals surface area contributed by atoms with Crippen LogP contribution in [0.25, 0.3) is 10.2 Å². The number of rotatable bonds is 4. The molecule has 2 amide bonds. The fourth-order valence-electron chi connectivity index (χ4n) is 2.71. The van der Waals surface area contributed by atoms with Gasteiger partial charge in [-0.3, -0.25) is 9.59 Å². The third-order valence-corrected chi connectivity index (χ3v) is 6.02. The highest BCUT2D eigenvalue weighted by Crippen LogP contribution is 2.30. The van der Waals surface area contributed by atoms with Crippen molar-refractivity contribution in [1.29, 1.82) is 0 Å². The lowest BCUT2D eigenvalue weighted by molar-refractivity contribution is -0.157. The zero-order valence-corrected chi connectivity index (χ0v) is 15.5. The van der Waals surface area contributed by atoms with Crippen molar-refractivity contribution in [3.05, 3.63) is 18.2 Å². The number of halogens is 3. The second-order valence-corrected chi connectivity index (χ2v) is 9.25. The van der Waals surface area contributed by atoms with Crippen LogP contribution in [0.15, 0.2) is 23.1 Å². The molecule has 1 aliphatic heterocycles. The molecule has 1 aliphatic rings. The van der Waals surface area contributed by atoms with E-state index in [0.29, 0.717) is 15.1 Å². The SMILES string of the molecule is CS(=O)(=O)c1ccc2nc(NC(=O)C3CC(=O)N(CC(F)(F)F)C3)sc2c1. The third kappa shape index (κ3) is 4.56. The van der Waals surface area contributed by atoms with Crippen LogP contribution in [0.2, 0.25) is 0 Å². The van der Waals surface area contributed by atoms with Gasteiger partial charge in [0, 0.05) is 19.2 Å². The van der Waals surface area contributed by atoms with Crippen molar-refractivity contribution in [2.75, 3.05) is 24.7 Å². The number of benzene rings is 1. The van der Waals surface area contributed by atoms with Crippen molar-refractivity contribution in [3.8, 4) is 0 Å². The van der Waals surface area contributed by atoms with Crippen molar-refractivity contribution in [3.63, 3.8) is 0 Å². The molecule has 0 aliphatic carbocycles. The summed E-state index contributed by atoms with van der Waals surface area (Å²) in [5.74, 6) is -2.23. The number of amides is 2. The lowest BCUT2D eigenvalue weighted by atomic mass is 10.1. The molecule has 2 aromatic rings. The van der Waals surface area contributed by atoms with Crippen molar-refractivity contribution in [2.45, 2.75) is 17.5 Å². The number of anilines is 1. The summed E-state index contributed by atoms with van der Waals surface area (Å²) in [4.78, 5) is 28.8. The number of carbonyl (C=O) groups is 2. The van der Waals surface area contributed by atoms with E-state index in [0.717, 1.165) is 17.6 Å². The third-order valence-electron chi connectivity index (χ3n) is 3.97. The van der Waals surface area contributed by atoms with Crippen LogP contribution < -0.4 is 5.32 Å². The molecule has 146 valence electrons. The zero-order chi connectivity index (χ0) is 20.0. The molecule has 0 radical (unpaired) electrons. The van der Waals surface area contributed by atoms with Gasteiger partial charge in [-0.05, 0) is 18.2 Å². The van der Waals surface area contributed by atoms with Crippen LogP contribution >= 0.6 is 11.3 Å². The number of thiazole rings is 1. The predicted molar refractivity (Wildman–Crippen MR) is 92.1 cm³/mol. The van der Waals surface area contributed by atoms with E-state index >= 15 is 0 Å². The molecule has 1 atom stereocenters. The van der Waals surface area contributed by atoms with Gasteiger partial charge >= 0.3 is 6.18 Å². The Labute approximate surface area is 156 Å². The lowest BCUT2D eigenvalue weighted by Gasteiger charge is -2.18. The topological polar surface area (TPSA) is 96.4 Å². The minimum Gasteiger partial charge on any atom is -0.333 e. The van der Waals surface area contributed by atoms with Crippen LogP contribution in [0.3, 0.4) is 0 Å². The van der Waals surface area contributed by atoms with E-state index in [9.17, 15) is 31.2 Å². The maximum atomic E-state index is 12.4. The van der Waals surface area contributed by atoms with Gasteiger partial charge in [0.15, 0.2) is 15.0 Å². The van der Waals surface area contributed by atoms with Gasteiger partial charge < -0.3 is 10.2 Å². The molecule has 3 rings (SSSR count). The first-order valence-corrected chi connectivity index (χ1v) is 10.4. The van der Waals surface area contributed by atoms with Gasteiger partial charge in [-0.25, -0.2) is 13.4 Å². The number of hydrogen-bond donors (Lipinski definition) is 1. The molecule has 1 saturated heterocycles. The normalized spacial score (nSPS) is 18.3. The van der Waals surface area contributed by atoms with Crippen molar-refractivity contribution in [2.24, 2.45) is 5.92 Å². The molecule has 1 unspecified atom stereocenters. The molecule has 7 nitrogen and oxygen atoms in total. The first-order valence-electron chi connectivity index (χ1n) is 7.68. The number of sulfone groups is 1. The second kappa shape index (κ2) is 6.75. The van der Waals surface area contributed by atoms with Gasteiger partial charge in [0.25, 0.3) is 0 Å². The Kier molecular flexibility index (Phi) is 4.89. The lowest BCUT2D eigenvalue weighted by Crippen LogP contribution is -2.36. The summed E-state index contributed by atoms with van der Waals surface area (Å²) in [6, 6.07) is 4.33. The molecule has 0 spiro atoms. The quantitative estimate of drug-likeness (QED) is 0.815. The van der Waals surface area contributed by atoms with Gasteiger partial charge in [0.2, 0.25) is 11.8 Å². The number of likely N-dealkylation sites (tertiary alicyclic amines) is 1. The van der Waals surface area contributed by atoms with Crippen molar-refractivity contribution < 1.29 is 31.2 Å².